The van der Waals surface area contributed by atoms with Gasteiger partial charge in [0.25, 0.3) is 5.91 Å². The van der Waals surface area contributed by atoms with Crippen molar-refractivity contribution in [1.29, 1.82) is 0 Å². The normalized spacial score (nSPS) is 11.0. The van der Waals surface area contributed by atoms with Crippen LogP contribution in [0.5, 0.6) is 5.75 Å². The van der Waals surface area contributed by atoms with Crippen LogP contribution in [0.15, 0.2) is 71.1 Å². The topological polar surface area (TPSA) is 42.7 Å². The highest BCUT2D eigenvalue weighted by atomic mass is 16.5. The number of nitrogens with zero attached hydrogens (tertiary/aromatic N) is 1. The van der Waals surface area contributed by atoms with Gasteiger partial charge < -0.3 is 14.1 Å². The summed E-state index contributed by atoms with van der Waals surface area (Å²) in [6.07, 6.45) is 0. The van der Waals surface area contributed by atoms with E-state index in [0.29, 0.717) is 23.6 Å². The van der Waals surface area contributed by atoms with E-state index in [1.165, 1.54) is 0 Å². The molecule has 1 heterocycles. The first-order chi connectivity index (χ1) is 12.7. The number of amides is 1. The van der Waals surface area contributed by atoms with E-state index in [-0.39, 0.29) is 5.91 Å². The van der Waals surface area contributed by atoms with Crippen molar-refractivity contribution in [3.8, 4) is 5.75 Å². The van der Waals surface area contributed by atoms with Gasteiger partial charge in [0.1, 0.15) is 0 Å². The Kier molecular flexibility index (Phi) is 4.09. The third kappa shape index (κ3) is 2.69. The first kappa shape index (κ1) is 16.2. The zero-order valence-corrected chi connectivity index (χ0v) is 14.7. The van der Waals surface area contributed by atoms with Crippen LogP contribution in [0.2, 0.25) is 0 Å². The Labute approximate surface area is 151 Å². The van der Waals surface area contributed by atoms with Crippen molar-refractivity contribution in [1.82, 2.24) is 0 Å². The lowest BCUT2D eigenvalue weighted by molar-refractivity contribution is 0.0963. The fraction of sp³-hybridized carbons (Fsp3) is 0.136. The van der Waals surface area contributed by atoms with Crippen LogP contribution in [0, 0.1) is 0 Å². The van der Waals surface area contributed by atoms with Crippen molar-refractivity contribution in [3.05, 3.63) is 72.5 Å². The Bertz CT molecular complexity index is 1100. The SMILES string of the molecule is CCN(C(=O)c1cc2cccc(OC)c2o1)c1ccc2ccccc2c1. The zero-order valence-electron chi connectivity index (χ0n) is 14.7. The molecule has 0 aliphatic rings. The third-order valence-corrected chi connectivity index (χ3v) is 4.54. The number of benzene rings is 3. The van der Waals surface area contributed by atoms with Gasteiger partial charge in [-0.05, 0) is 42.0 Å². The number of para-hydroxylation sites is 1. The number of methoxy groups -OCH3 is 1. The second kappa shape index (κ2) is 6.56. The first-order valence-corrected chi connectivity index (χ1v) is 8.58. The molecule has 4 rings (SSSR count). The van der Waals surface area contributed by atoms with Gasteiger partial charge in [-0.25, -0.2) is 0 Å². The molecular weight excluding hydrogens is 326 g/mol. The van der Waals surface area contributed by atoms with Crippen LogP contribution in [-0.4, -0.2) is 19.6 Å². The van der Waals surface area contributed by atoms with Crippen molar-refractivity contribution in [2.45, 2.75) is 6.92 Å². The Balaban J connectivity index is 1.74. The fourth-order valence-electron chi connectivity index (χ4n) is 3.22. The number of carbonyl (C=O) groups excluding carboxylic acids is 1. The molecule has 0 unspecified atom stereocenters. The molecule has 0 atom stereocenters. The van der Waals surface area contributed by atoms with Gasteiger partial charge in [-0.15, -0.1) is 0 Å². The minimum absolute atomic E-state index is 0.166. The Morgan fingerprint density at radius 1 is 0.962 bits per heavy atom. The van der Waals surface area contributed by atoms with Gasteiger partial charge in [0, 0.05) is 17.6 Å². The molecule has 130 valence electrons. The van der Waals surface area contributed by atoms with Gasteiger partial charge >= 0.3 is 0 Å². The lowest BCUT2D eigenvalue weighted by Gasteiger charge is -2.20. The molecule has 4 heteroatoms. The van der Waals surface area contributed by atoms with Crippen molar-refractivity contribution < 1.29 is 13.9 Å². The minimum Gasteiger partial charge on any atom is -0.493 e. The molecule has 4 nitrogen and oxygen atoms in total. The Morgan fingerprint density at radius 2 is 1.73 bits per heavy atom. The maximum Gasteiger partial charge on any atom is 0.294 e. The summed E-state index contributed by atoms with van der Waals surface area (Å²) in [5.41, 5.74) is 1.44. The minimum atomic E-state index is -0.166. The van der Waals surface area contributed by atoms with Crippen molar-refractivity contribution >= 4 is 33.3 Å². The molecule has 0 radical (unpaired) electrons. The molecule has 1 amide bonds. The molecule has 0 N–H and O–H groups in total. The van der Waals surface area contributed by atoms with Gasteiger partial charge in [0.2, 0.25) is 0 Å². The van der Waals surface area contributed by atoms with Crippen LogP contribution in [0.4, 0.5) is 5.69 Å². The summed E-state index contributed by atoms with van der Waals surface area (Å²) in [5.74, 6) is 0.760. The smallest absolute Gasteiger partial charge is 0.294 e. The van der Waals surface area contributed by atoms with E-state index in [1.807, 2.05) is 61.5 Å². The third-order valence-electron chi connectivity index (χ3n) is 4.54. The second-order valence-electron chi connectivity index (χ2n) is 6.07. The molecular formula is C22H19NO3. The number of ether oxygens (including phenoxy) is 1. The number of carbonyl (C=O) groups is 1. The van der Waals surface area contributed by atoms with Crippen LogP contribution in [-0.2, 0) is 0 Å². The fourth-order valence-corrected chi connectivity index (χ4v) is 3.22. The lowest BCUT2D eigenvalue weighted by Crippen LogP contribution is -2.30. The average Bonchev–Trinajstić information content (AvgIpc) is 3.12. The zero-order chi connectivity index (χ0) is 18.1. The lowest BCUT2D eigenvalue weighted by atomic mass is 10.1. The quantitative estimate of drug-likeness (QED) is 0.506. The van der Waals surface area contributed by atoms with Gasteiger partial charge in [-0.2, -0.15) is 0 Å². The van der Waals surface area contributed by atoms with Gasteiger partial charge in [-0.3, -0.25) is 4.79 Å². The molecule has 3 aromatic carbocycles. The molecule has 26 heavy (non-hydrogen) atoms. The summed E-state index contributed by atoms with van der Waals surface area (Å²) in [4.78, 5) is 14.8. The van der Waals surface area contributed by atoms with E-state index >= 15 is 0 Å². The molecule has 0 saturated carbocycles. The number of furan rings is 1. The van der Waals surface area contributed by atoms with Gasteiger partial charge in [-0.1, -0.05) is 42.5 Å². The average molecular weight is 345 g/mol. The van der Waals surface area contributed by atoms with Crippen molar-refractivity contribution in [2.75, 3.05) is 18.6 Å². The van der Waals surface area contributed by atoms with Crippen LogP contribution in [0.25, 0.3) is 21.7 Å². The molecule has 0 spiro atoms. The largest absolute Gasteiger partial charge is 0.493 e. The maximum absolute atomic E-state index is 13.1. The summed E-state index contributed by atoms with van der Waals surface area (Å²) in [6.45, 7) is 2.50. The highest BCUT2D eigenvalue weighted by Gasteiger charge is 2.21. The van der Waals surface area contributed by atoms with Crippen LogP contribution >= 0.6 is 0 Å². The maximum atomic E-state index is 13.1. The van der Waals surface area contributed by atoms with E-state index in [2.05, 4.69) is 6.07 Å². The molecule has 0 saturated heterocycles. The molecule has 0 fully saturated rings. The summed E-state index contributed by atoms with van der Waals surface area (Å²) < 4.78 is 11.1. The van der Waals surface area contributed by atoms with Crippen molar-refractivity contribution in [3.63, 3.8) is 0 Å². The van der Waals surface area contributed by atoms with Crippen molar-refractivity contribution in [2.24, 2.45) is 0 Å². The summed E-state index contributed by atoms with van der Waals surface area (Å²) in [6, 6.07) is 21.5. The first-order valence-electron chi connectivity index (χ1n) is 8.58. The van der Waals surface area contributed by atoms with Crippen LogP contribution in [0.1, 0.15) is 17.5 Å². The van der Waals surface area contributed by atoms with Gasteiger partial charge in [0.15, 0.2) is 17.1 Å². The van der Waals surface area contributed by atoms with E-state index in [4.69, 9.17) is 9.15 Å². The van der Waals surface area contributed by atoms with E-state index in [1.54, 1.807) is 18.1 Å². The van der Waals surface area contributed by atoms with E-state index in [0.717, 1.165) is 21.8 Å². The van der Waals surface area contributed by atoms with Gasteiger partial charge in [0.05, 0.1) is 7.11 Å². The number of anilines is 1. The standard InChI is InChI=1S/C22H19NO3/c1-3-23(18-12-11-15-7-4-5-8-16(15)13-18)22(24)20-14-17-9-6-10-19(25-2)21(17)26-20/h4-14H,3H2,1-2H3. The molecule has 0 aliphatic heterocycles. The number of hydrogen-bond donors (Lipinski definition) is 0. The Morgan fingerprint density at radius 3 is 2.50 bits per heavy atom. The number of rotatable bonds is 4. The Hall–Kier alpha value is -3.27. The van der Waals surface area contributed by atoms with E-state index in [9.17, 15) is 4.79 Å². The van der Waals surface area contributed by atoms with E-state index < -0.39 is 0 Å². The number of fused-ring (bicyclic) bond motifs is 2. The highest BCUT2D eigenvalue weighted by Crippen LogP contribution is 2.30. The summed E-state index contributed by atoms with van der Waals surface area (Å²) >= 11 is 0. The van der Waals surface area contributed by atoms with Crippen LogP contribution < -0.4 is 9.64 Å². The monoisotopic (exact) mass is 345 g/mol. The van der Waals surface area contributed by atoms with Crippen LogP contribution in [0.3, 0.4) is 0 Å². The molecule has 0 aliphatic carbocycles. The highest BCUT2D eigenvalue weighted by molar-refractivity contribution is 6.07. The number of hydrogen-bond acceptors (Lipinski definition) is 3. The predicted octanol–water partition coefficient (Wildman–Crippen LogP) is 5.26. The summed E-state index contributed by atoms with van der Waals surface area (Å²) in [5, 5.41) is 3.10. The molecule has 4 aromatic rings. The second-order valence-corrected chi connectivity index (χ2v) is 6.07. The molecule has 0 bridgehead atoms. The molecule has 1 aromatic heterocycles. The predicted molar refractivity (Wildman–Crippen MR) is 104 cm³/mol. The summed E-state index contributed by atoms with van der Waals surface area (Å²) in [7, 11) is 1.59.